The van der Waals surface area contributed by atoms with E-state index >= 15 is 0 Å². The molecule has 0 amide bonds. The lowest BCUT2D eigenvalue weighted by Crippen LogP contribution is -2.17. The summed E-state index contributed by atoms with van der Waals surface area (Å²) in [5, 5.41) is 10.2. The molecule has 0 fully saturated rings. The van der Waals surface area contributed by atoms with E-state index in [1.807, 2.05) is 13.0 Å². The molecule has 8 nitrogen and oxygen atoms in total. The van der Waals surface area contributed by atoms with Crippen molar-refractivity contribution in [3.05, 3.63) is 66.6 Å². The van der Waals surface area contributed by atoms with Crippen LogP contribution in [0.15, 0.2) is 60.8 Å². The fraction of sp³-hybridized carbons (Fsp3) is 0.208. The summed E-state index contributed by atoms with van der Waals surface area (Å²) in [7, 11) is 0. The summed E-state index contributed by atoms with van der Waals surface area (Å²) in [4.78, 5) is 20.1. The van der Waals surface area contributed by atoms with E-state index in [9.17, 15) is 23.1 Å². The molecule has 0 saturated carbocycles. The number of halogens is 3. The summed E-state index contributed by atoms with van der Waals surface area (Å²) >= 11 is 0. The average molecular weight is 487 g/mol. The van der Waals surface area contributed by atoms with E-state index in [0.717, 1.165) is 12.1 Å². The third-order valence-electron chi connectivity index (χ3n) is 4.89. The van der Waals surface area contributed by atoms with Crippen LogP contribution in [0, 0.1) is 0 Å². The van der Waals surface area contributed by atoms with Gasteiger partial charge in [0.15, 0.2) is 0 Å². The minimum absolute atomic E-state index is 0.158. The van der Waals surface area contributed by atoms with E-state index in [-0.39, 0.29) is 18.2 Å². The predicted molar refractivity (Wildman–Crippen MR) is 120 cm³/mol. The Morgan fingerprint density at radius 1 is 1.00 bits per heavy atom. The van der Waals surface area contributed by atoms with Crippen molar-refractivity contribution in [2.45, 2.75) is 19.8 Å². The van der Waals surface area contributed by atoms with Crippen LogP contribution >= 0.6 is 0 Å². The fourth-order valence-corrected chi connectivity index (χ4v) is 3.46. The summed E-state index contributed by atoms with van der Waals surface area (Å²) in [5.74, 6) is -0.979. The van der Waals surface area contributed by atoms with E-state index in [4.69, 9.17) is 9.47 Å². The first-order valence-electron chi connectivity index (χ1n) is 10.6. The molecule has 0 unspecified atom stereocenters. The molecule has 11 heteroatoms. The predicted octanol–water partition coefficient (Wildman–Crippen LogP) is 5.17. The van der Waals surface area contributed by atoms with Crippen LogP contribution < -0.4 is 14.2 Å². The van der Waals surface area contributed by atoms with Crippen molar-refractivity contribution in [2.75, 3.05) is 13.2 Å². The maximum Gasteiger partial charge on any atom is 0.573 e. The molecule has 0 bridgehead atoms. The number of nitrogens with zero attached hydrogens (tertiary/aromatic N) is 3. The van der Waals surface area contributed by atoms with Crippen molar-refractivity contribution in [3.63, 3.8) is 0 Å². The number of hydrogen-bond donors (Lipinski definition) is 1. The molecule has 2 aromatic heterocycles. The van der Waals surface area contributed by atoms with E-state index in [0.29, 0.717) is 46.9 Å². The molecule has 35 heavy (non-hydrogen) atoms. The molecule has 0 aliphatic rings. The number of ether oxygens (including phenoxy) is 3. The molecule has 0 aliphatic carbocycles. The number of fused-ring (bicyclic) bond motifs is 1. The van der Waals surface area contributed by atoms with E-state index in [1.54, 1.807) is 35.0 Å². The third-order valence-corrected chi connectivity index (χ3v) is 4.89. The van der Waals surface area contributed by atoms with Crippen molar-refractivity contribution < 1.29 is 37.3 Å². The molecule has 4 rings (SSSR count). The fourth-order valence-electron chi connectivity index (χ4n) is 3.46. The molecule has 0 saturated heterocycles. The standard InChI is InChI=1S/C24H20F3N3O5/c1-2-33-18-5-3-4-15(14-18)20-19-10-11-30(22(19)29-21(28-20)23(31)32)12-13-34-16-6-8-17(9-7-16)35-24(25,26)27/h3-11,14H,2,12-13H2,1H3,(H,31,32). The third kappa shape index (κ3) is 5.81. The molecular weight excluding hydrogens is 467 g/mol. The van der Waals surface area contributed by atoms with E-state index in [2.05, 4.69) is 14.7 Å². The van der Waals surface area contributed by atoms with Crippen molar-refractivity contribution in [3.8, 4) is 28.5 Å². The molecule has 0 aliphatic heterocycles. The quantitative estimate of drug-likeness (QED) is 0.348. The molecule has 1 N–H and O–H groups in total. The van der Waals surface area contributed by atoms with Gasteiger partial charge >= 0.3 is 12.3 Å². The highest BCUT2D eigenvalue weighted by Crippen LogP contribution is 2.30. The van der Waals surface area contributed by atoms with Gasteiger partial charge in [-0.15, -0.1) is 13.2 Å². The highest BCUT2D eigenvalue weighted by molar-refractivity contribution is 5.95. The van der Waals surface area contributed by atoms with Gasteiger partial charge in [-0.25, -0.2) is 14.8 Å². The summed E-state index contributed by atoms with van der Waals surface area (Å²) in [6.45, 7) is 2.81. The van der Waals surface area contributed by atoms with Gasteiger partial charge in [-0.05, 0) is 49.4 Å². The molecule has 0 atom stereocenters. The van der Waals surface area contributed by atoms with Gasteiger partial charge in [0.25, 0.3) is 0 Å². The number of rotatable bonds is 9. The number of aromatic nitrogens is 3. The maximum absolute atomic E-state index is 12.3. The summed E-state index contributed by atoms with van der Waals surface area (Å²) < 4.78 is 53.6. The summed E-state index contributed by atoms with van der Waals surface area (Å²) in [6.07, 6.45) is -3.03. The molecule has 4 aromatic rings. The lowest BCUT2D eigenvalue weighted by atomic mass is 10.1. The molecule has 2 heterocycles. The van der Waals surface area contributed by atoms with Gasteiger partial charge in [0.05, 0.1) is 18.8 Å². The number of carbonyl (C=O) groups is 1. The Hall–Kier alpha value is -4.28. The Morgan fingerprint density at radius 3 is 2.43 bits per heavy atom. The van der Waals surface area contributed by atoms with Crippen LogP contribution in [0.25, 0.3) is 22.3 Å². The first kappa shape index (κ1) is 23.9. The van der Waals surface area contributed by atoms with Gasteiger partial charge in [-0.1, -0.05) is 12.1 Å². The van der Waals surface area contributed by atoms with Gasteiger partial charge in [-0.3, -0.25) is 0 Å². The van der Waals surface area contributed by atoms with E-state index in [1.165, 1.54) is 12.1 Å². The summed E-state index contributed by atoms with van der Waals surface area (Å²) in [6, 6.07) is 14.0. The Balaban J connectivity index is 1.55. The minimum atomic E-state index is -4.77. The molecule has 2 aromatic carbocycles. The zero-order chi connectivity index (χ0) is 25.0. The van der Waals surface area contributed by atoms with Gasteiger partial charge in [-0.2, -0.15) is 0 Å². The Labute approximate surface area is 197 Å². The van der Waals surface area contributed by atoms with Crippen molar-refractivity contribution in [1.29, 1.82) is 0 Å². The maximum atomic E-state index is 12.3. The second-order valence-corrected chi connectivity index (χ2v) is 7.28. The van der Waals surface area contributed by atoms with Crippen molar-refractivity contribution in [1.82, 2.24) is 14.5 Å². The number of alkyl halides is 3. The Morgan fingerprint density at radius 2 is 1.74 bits per heavy atom. The van der Waals surface area contributed by atoms with Gasteiger partial charge in [0, 0.05) is 17.1 Å². The highest BCUT2D eigenvalue weighted by atomic mass is 19.4. The van der Waals surface area contributed by atoms with Crippen LogP contribution in [0.3, 0.4) is 0 Å². The number of hydrogen-bond acceptors (Lipinski definition) is 6. The number of carboxylic acids is 1. The Kier molecular flexibility index (Phi) is 6.76. The van der Waals surface area contributed by atoms with Crippen LogP contribution in [0.1, 0.15) is 17.5 Å². The first-order chi connectivity index (χ1) is 16.7. The number of benzene rings is 2. The van der Waals surface area contributed by atoms with Gasteiger partial charge in [0.2, 0.25) is 5.82 Å². The van der Waals surface area contributed by atoms with Crippen LogP contribution in [0.5, 0.6) is 17.2 Å². The normalized spacial score (nSPS) is 11.4. The molecule has 0 spiro atoms. The number of aromatic carboxylic acids is 1. The summed E-state index contributed by atoms with van der Waals surface area (Å²) in [5.41, 5.74) is 1.54. The SMILES string of the molecule is CCOc1cccc(-c2nc(C(=O)O)nc3c2ccn3CCOc2ccc(OC(F)(F)F)cc2)c1. The lowest BCUT2D eigenvalue weighted by Gasteiger charge is -2.11. The highest BCUT2D eigenvalue weighted by Gasteiger charge is 2.31. The van der Waals surface area contributed by atoms with Crippen LogP contribution in [-0.2, 0) is 6.54 Å². The zero-order valence-corrected chi connectivity index (χ0v) is 18.5. The van der Waals surface area contributed by atoms with Gasteiger partial charge in [0.1, 0.15) is 29.5 Å². The molecular formula is C24H20F3N3O5. The topological polar surface area (TPSA) is 95.7 Å². The molecule has 0 radical (unpaired) electrons. The smallest absolute Gasteiger partial charge is 0.494 e. The van der Waals surface area contributed by atoms with Crippen LogP contribution in [-0.4, -0.2) is 45.2 Å². The van der Waals surface area contributed by atoms with E-state index < -0.39 is 12.3 Å². The van der Waals surface area contributed by atoms with Crippen molar-refractivity contribution in [2.24, 2.45) is 0 Å². The second kappa shape index (κ2) is 9.92. The van der Waals surface area contributed by atoms with Crippen LogP contribution in [0.4, 0.5) is 13.2 Å². The number of carboxylic acid groups (broad SMARTS) is 1. The second-order valence-electron chi connectivity index (χ2n) is 7.28. The zero-order valence-electron chi connectivity index (χ0n) is 18.5. The van der Waals surface area contributed by atoms with Gasteiger partial charge < -0.3 is 23.9 Å². The van der Waals surface area contributed by atoms with Crippen LogP contribution in [0.2, 0.25) is 0 Å². The average Bonchev–Trinajstić information content (AvgIpc) is 3.22. The Bertz CT molecular complexity index is 1340. The monoisotopic (exact) mass is 487 g/mol. The molecule has 182 valence electrons. The first-order valence-corrected chi connectivity index (χ1v) is 10.6. The van der Waals surface area contributed by atoms with Crippen molar-refractivity contribution >= 4 is 17.0 Å². The largest absolute Gasteiger partial charge is 0.573 e. The minimum Gasteiger partial charge on any atom is -0.494 e. The lowest BCUT2D eigenvalue weighted by molar-refractivity contribution is -0.274.